The molecule has 0 bridgehead atoms. The monoisotopic (exact) mass is 300 g/mol. The number of nitrogens with one attached hydrogen (secondary N) is 1. The van der Waals surface area contributed by atoms with Gasteiger partial charge in [0.25, 0.3) is 0 Å². The van der Waals surface area contributed by atoms with Gasteiger partial charge in [0.2, 0.25) is 0 Å². The fourth-order valence-electron chi connectivity index (χ4n) is 1.69. The Morgan fingerprint density at radius 2 is 1.67 bits per heavy atom. The molecule has 1 heterocycles. The van der Waals surface area contributed by atoms with Crippen LogP contribution in [0.25, 0.3) is 11.1 Å². The fourth-order valence-corrected chi connectivity index (χ4v) is 2.19. The Morgan fingerprint density at radius 1 is 1.06 bits per heavy atom. The molecule has 0 saturated carbocycles. The molecule has 2 aromatic rings. The molecule has 1 N–H and O–H groups in total. The molecule has 0 fully saturated rings. The average molecular weight is 299 g/mol. The van der Waals surface area contributed by atoms with Gasteiger partial charge in [0.1, 0.15) is 0 Å². The van der Waals surface area contributed by atoms with Crippen molar-refractivity contribution in [1.82, 2.24) is 4.98 Å². The molecule has 0 aliphatic heterocycles. The van der Waals surface area contributed by atoms with Crippen LogP contribution in [0.4, 0.5) is 0 Å². The van der Waals surface area contributed by atoms with Crippen LogP contribution in [0.1, 0.15) is 11.1 Å². The molecule has 1 aromatic carbocycles. The predicted octanol–water partition coefficient (Wildman–Crippen LogP) is 0.579. The minimum atomic E-state index is -0.496. The van der Waals surface area contributed by atoms with Crippen LogP contribution in [0, 0.1) is 22.7 Å². The van der Waals surface area contributed by atoms with E-state index in [1.54, 1.807) is 24.3 Å². The van der Waals surface area contributed by atoms with Crippen molar-refractivity contribution < 1.29 is 0 Å². The van der Waals surface area contributed by atoms with Gasteiger partial charge in [-0.05, 0) is 0 Å². The van der Waals surface area contributed by atoms with E-state index >= 15 is 0 Å². The van der Waals surface area contributed by atoms with Crippen molar-refractivity contribution in [2.75, 3.05) is 0 Å². The number of nitriles is 2. The van der Waals surface area contributed by atoms with Crippen LogP contribution in [0.5, 0.6) is 0 Å². The van der Waals surface area contributed by atoms with Crippen LogP contribution in [-0.4, -0.2) is 21.0 Å². The van der Waals surface area contributed by atoms with E-state index in [1.165, 1.54) is 0 Å². The van der Waals surface area contributed by atoms with Gasteiger partial charge >= 0.3 is 111 Å². The topological polar surface area (TPSA) is 80.4 Å². The van der Waals surface area contributed by atoms with Gasteiger partial charge in [-0.3, -0.25) is 0 Å². The van der Waals surface area contributed by atoms with E-state index in [1.807, 2.05) is 18.2 Å². The zero-order valence-corrected chi connectivity index (χ0v) is 10.8. The van der Waals surface area contributed by atoms with Crippen LogP contribution in [-0.2, 0) is 0 Å². The number of rotatable bonds is 1. The Hall–Kier alpha value is -2.33. The van der Waals surface area contributed by atoms with Crippen LogP contribution in [0.2, 0.25) is 0 Å². The van der Waals surface area contributed by atoms with Crippen molar-refractivity contribution >= 4 is 20.6 Å². The number of pyridine rings is 1. The summed E-state index contributed by atoms with van der Waals surface area (Å²) in [6.45, 7) is 0. The number of aromatic nitrogens is 1. The summed E-state index contributed by atoms with van der Waals surface area (Å²) >= 11 is 2.64. The summed E-state index contributed by atoms with van der Waals surface area (Å²) in [6, 6.07) is 12.8. The molecule has 5 heteroatoms. The van der Waals surface area contributed by atoms with Crippen molar-refractivity contribution in [3.8, 4) is 23.3 Å². The summed E-state index contributed by atoms with van der Waals surface area (Å²) in [6.07, 6.45) is 0. The summed E-state index contributed by atoms with van der Waals surface area (Å²) in [5.41, 5.74) is 0.782. The number of H-pyrrole nitrogens is 1. The van der Waals surface area contributed by atoms with Gasteiger partial charge in [0.15, 0.2) is 0 Å². The second kappa shape index (κ2) is 4.89. The van der Waals surface area contributed by atoms with E-state index in [0.717, 1.165) is 0 Å². The Balaban J connectivity index is 2.94. The van der Waals surface area contributed by atoms with E-state index < -0.39 is 5.56 Å². The Bertz CT molecular complexity index is 736. The third kappa shape index (κ3) is 1.94. The minimum absolute atomic E-state index is 0.0447. The summed E-state index contributed by atoms with van der Waals surface area (Å²) in [7, 11) is 0. The molecule has 0 unspecified atom stereocenters. The SMILES string of the molecule is N#Cc1c([Se])[nH]c(=O)c(C#N)c1-c1ccccc1. The molecule has 0 aliphatic rings. The fraction of sp³-hybridized carbons (Fsp3) is 0. The molecule has 0 saturated heterocycles. The van der Waals surface area contributed by atoms with E-state index in [-0.39, 0.29) is 11.1 Å². The van der Waals surface area contributed by atoms with E-state index in [9.17, 15) is 4.79 Å². The van der Waals surface area contributed by atoms with Crippen LogP contribution < -0.4 is 10.2 Å². The van der Waals surface area contributed by atoms with Gasteiger partial charge in [0, 0.05) is 0 Å². The van der Waals surface area contributed by atoms with Gasteiger partial charge in [-0.15, -0.1) is 0 Å². The molecule has 85 valence electrons. The number of hydrogen-bond acceptors (Lipinski definition) is 3. The number of nitrogens with zero attached hydrogens (tertiary/aromatic N) is 2. The summed E-state index contributed by atoms with van der Waals surface area (Å²) in [5, 5.41) is 18.3. The first-order valence-corrected chi connectivity index (χ1v) is 5.87. The average Bonchev–Trinajstić information content (AvgIpc) is 2.39. The van der Waals surface area contributed by atoms with E-state index in [0.29, 0.717) is 15.7 Å². The zero-order valence-electron chi connectivity index (χ0n) is 9.10. The number of hydrogen-bond donors (Lipinski definition) is 1. The van der Waals surface area contributed by atoms with Crippen molar-refractivity contribution in [3.05, 3.63) is 51.8 Å². The van der Waals surface area contributed by atoms with E-state index in [4.69, 9.17) is 10.5 Å². The number of benzene rings is 1. The Kier molecular flexibility index (Phi) is 3.30. The Morgan fingerprint density at radius 3 is 2.22 bits per heavy atom. The predicted molar refractivity (Wildman–Crippen MR) is 67.3 cm³/mol. The summed E-state index contributed by atoms with van der Waals surface area (Å²) in [4.78, 5) is 14.2. The summed E-state index contributed by atoms with van der Waals surface area (Å²) < 4.78 is 0.348. The van der Waals surface area contributed by atoms with Gasteiger partial charge < -0.3 is 0 Å². The van der Waals surface area contributed by atoms with Gasteiger partial charge in [0.05, 0.1) is 0 Å². The molecule has 0 amide bonds. The maximum atomic E-state index is 11.7. The molecule has 2 rings (SSSR count). The van der Waals surface area contributed by atoms with Crippen molar-refractivity contribution in [1.29, 1.82) is 10.5 Å². The number of aromatic amines is 1. The summed E-state index contributed by atoms with van der Waals surface area (Å²) in [5.74, 6) is 0. The first kappa shape index (κ1) is 12.1. The third-order valence-corrected chi connectivity index (χ3v) is 3.11. The second-order valence-corrected chi connectivity index (χ2v) is 4.35. The molecule has 1 radical (unpaired) electrons. The first-order chi connectivity index (χ1) is 8.69. The first-order valence-electron chi connectivity index (χ1n) is 5.02. The standard InChI is InChI=1S/C13H6N3OSe/c14-6-9-11(8-4-2-1-3-5-8)10(7-15)13(18)16-12(9)17/h1-5H,(H,16,17). The van der Waals surface area contributed by atoms with Crippen molar-refractivity contribution in [2.45, 2.75) is 0 Å². The quantitative estimate of drug-likeness (QED) is 0.782. The molecule has 0 aliphatic carbocycles. The van der Waals surface area contributed by atoms with Crippen LogP contribution >= 0.6 is 0 Å². The van der Waals surface area contributed by atoms with E-state index in [2.05, 4.69) is 21.0 Å². The molecule has 4 nitrogen and oxygen atoms in total. The van der Waals surface area contributed by atoms with Crippen LogP contribution in [0.3, 0.4) is 0 Å². The maximum absolute atomic E-state index is 11.7. The molecule has 18 heavy (non-hydrogen) atoms. The Labute approximate surface area is 111 Å². The molecule has 0 spiro atoms. The molecule has 1 aromatic heterocycles. The third-order valence-electron chi connectivity index (χ3n) is 2.47. The zero-order chi connectivity index (χ0) is 13.1. The van der Waals surface area contributed by atoms with Crippen molar-refractivity contribution in [3.63, 3.8) is 0 Å². The van der Waals surface area contributed by atoms with Gasteiger partial charge in [-0.1, -0.05) is 0 Å². The molecule has 0 atom stereocenters. The van der Waals surface area contributed by atoms with Gasteiger partial charge in [-0.2, -0.15) is 0 Å². The van der Waals surface area contributed by atoms with Crippen LogP contribution in [0.15, 0.2) is 35.1 Å². The second-order valence-electron chi connectivity index (χ2n) is 3.50. The molecular weight excluding hydrogens is 293 g/mol. The van der Waals surface area contributed by atoms with Crippen molar-refractivity contribution in [2.24, 2.45) is 0 Å². The molecular formula is C13H6N3OSe. The normalized spacial score (nSPS) is 9.44. The van der Waals surface area contributed by atoms with Gasteiger partial charge in [-0.25, -0.2) is 0 Å².